The molecule has 0 saturated carbocycles. The Balaban J connectivity index is 2.02. The minimum Gasteiger partial charge on any atom is -0.451 e. The van der Waals surface area contributed by atoms with E-state index >= 15 is 0 Å². The Kier molecular flexibility index (Phi) is 3.24. The van der Waals surface area contributed by atoms with Crippen LogP contribution in [0.2, 0.25) is 0 Å². The van der Waals surface area contributed by atoms with Crippen LogP contribution in [0.15, 0.2) is 54.6 Å². The Labute approximate surface area is 142 Å². The van der Waals surface area contributed by atoms with Crippen molar-refractivity contribution >= 4 is 16.7 Å². The fourth-order valence-corrected chi connectivity index (χ4v) is 3.81. The van der Waals surface area contributed by atoms with E-state index in [1.54, 1.807) is 0 Å². The van der Waals surface area contributed by atoms with Crippen LogP contribution in [0.25, 0.3) is 10.8 Å². The van der Waals surface area contributed by atoms with Gasteiger partial charge in [0.1, 0.15) is 5.60 Å². The Morgan fingerprint density at radius 1 is 1.00 bits per heavy atom. The number of esters is 1. The molecule has 3 aromatic carbocycles. The number of carbonyl (C=O) groups is 1. The van der Waals surface area contributed by atoms with Crippen LogP contribution in [-0.4, -0.2) is 5.97 Å². The molecule has 0 spiro atoms. The lowest BCUT2D eigenvalue weighted by Gasteiger charge is -2.21. The third-order valence-electron chi connectivity index (χ3n) is 4.86. The van der Waals surface area contributed by atoms with Crippen molar-refractivity contribution in [2.45, 2.75) is 32.8 Å². The zero-order chi connectivity index (χ0) is 16.9. The van der Waals surface area contributed by atoms with Crippen molar-refractivity contribution in [3.8, 4) is 0 Å². The van der Waals surface area contributed by atoms with E-state index in [2.05, 4.69) is 37.3 Å². The highest BCUT2D eigenvalue weighted by Crippen LogP contribution is 2.43. The number of hydrogen-bond acceptors (Lipinski definition) is 2. The SMILES string of the molecule is Cc1cccc2c(Cc3ccccc3)cc3c(c12)C(C)(C)OC3=O. The molecule has 0 bridgehead atoms. The first kappa shape index (κ1) is 14.9. The molecule has 0 unspecified atom stereocenters. The molecule has 24 heavy (non-hydrogen) atoms. The summed E-state index contributed by atoms with van der Waals surface area (Å²) in [5.74, 6) is -0.213. The summed E-state index contributed by atoms with van der Waals surface area (Å²) >= 11 is 0. The van der Waals surface area contributed by atoms with Gasteiger partial charge >= 0.3 is 5.97 Å². The number of aryl methyl sites for hydroxylation is 1. The lowest BCUT2D eigenvalue weighted by atomic mass is 9.85. The lowest BCUT2D eigenvalue weighted by molar-refractivity contribution is 0.00994. The molecule has 120 valence electrons. The van der Waals surface area contributed by atoms with Crippen molar-refractivity contribution in [1.29, 1.82) is 0 Å². The number of cyclic esters (lactones) is 1. The van der Waals surface area contributed by atoms with Gasteiger partial charge in [-0.15, -0.1) is 0 Å². The standard InChI is InChI=1S/C22H20O2/c1-14-8-7-11-17-16(12-15-9-5-4-6-10-15)13-18-20(19(14)17)22(2,3)24-21(18)23/h4-11,13H,12H2,1-3H3. The molecule has 2 heteroatoms. The van der Waals surface area contributed by atoms with Gasteiger partial charge in [0.2, 0.25) is 0 Å². The molecule has 2 nitrogen and oxygen atoms in total. The number of benzene rings is 3. The molecule has 0 atom stereocenters. The van der Waals surface area contributed by atoms with Crippen molar-refractivity contribution in [3.63, 3.8) is 0 Å². The van der Waals surface area contributed by atoms with E-state index in [-0.39, 0.29) is 5.97 Å². The third-order valence-corrected chi connectivity index (χ3v) is 4.86. The maximum absolute atomic E-state index is 12.4. The maximum atomic E-state index is 12.4. The van der Waals surface area contributed by atoms with Crippen LogP contribution >= 0.6 is 0 Å². The zero-order valence-corrected chi connectivity index (χ0v) is 14.2. The van der Waals surface area contributed by atoms with Crippen LogP contribution in [0.3, 0.4) is 0 Å². The maximum Gasteiger partial charge on any atom is 0.339 e. The predicted octanol–water partition coefficient (Wildman–Crippen LogP) is 5.14. The second kappa shape index (κ2) is 5.20. The molecule has 0 aromatic heterocycles. The van der Waals surface area contributed by atoms with Gasteiger partial charge in [0, 0.05) is 5.56 Å². The third kappa shape index (κ3) is 2.22. The van der Waals surface area contributed by atoms with E-state index in [9.17, 15) is 4.79 Å². The van der Waals surface area contributed by atoms with Gasteiger partial charge in [0.25, 0.3) is 0 Å². The van der Waals surface area contributed by atoms with Crippen LogP contribution in [0, 0.1) is 6.92 Å². The summed E-state index contributed by atoms with van der Waals surface area (Å²) < 4.78 is 5.65. The van der Waals surface area contributed by atoms with Gasteiger partial charge in [-0.25, -0.2) is 4.79 Å². The number of hydrogen-bond donors (Lipinski definition) is 0. The molecule has 4 rings (SSSR count). The summed E-state index contributed by atoms with van der Waals surface area (Å²) in [5.41, 5.74) is 4.76. The highest BCUT2D eigenvalue weighted by atomic mass is 16.6. The molecule has 0 fully saturated rings. The van der Waals surface area contributed by atoms with Gasteiger partial charge in [-0.2, -0.15) is 0 Å². The Morgan fingerprint density at radius 2 is 1.75 bits per heavy atom. The summed E-state index contributed by atoms with van der Waals surface area (Å²) in [6.45, 7) is 6.05. The summed E-state index contributed by atoms with van der Waals surface area (Å²) in [5, 5.41) is 2.38. The molecule has 0 radical (unpaired) electrons. The van der Waals surface area contributed by atoms with E-state index < -0.39 is 5.60 Å². The second-order valence-corrected chi connectivity index (χ2v) is 7.02. The van der Waals surface area contributed by atoms with Crippen molar-refractivity contribution < 1.29 is 9.53 Å². The van der Waals surface area contributed by atoms with Gasteiger partial charge in [-0.3, -0.25) is 0 Å². The van der Waals surface area contributed by atoms with E-state index in [1.807, 2.05) is 38.1 Å². The van der Waals surface area contributed by atoms with Crippen LogP contribution < -0.4 is 0 Å². The van der Waals surface area contributed by atoms with Gasteiger partial charge in [0.05, 0.1) is 5.56 Å². The van der Waals surface area contributed by atoms with E-state index in [0.717, 1.165) is 17.4 Å². The fraction of sp³-hybridized carbons (Fsp3) is 0.227. The van der Waals surface area contributed by atoms with Crippen LogP contribution in [0.5, 0.6) is 0 Å². The summed E-state index contributed by atoms with van der Waals surface area (Å²) in [6.07, 6.45) is 0.807. The molecule has 0 saturated heterocycles. The number of fused-ring (bicyclic) bond motifs is 3. The monoisotopic (exact) mass is 316 g/mol. The first-order valence-corrected chi connectivity index (χ1v) is 8.30. The second-order valence-electron chi connectivity index (χ2n) is 7.02. The summed E-state index contributed by atoms with van der Waals surface area (Å²) in [7, 11) is 0. The topological polar surface area (TPSA) is 26.3 Å². The Bertz CT molecular complexity index is 953. The quantitative estimate of drug-likeness (QED) is 0.612. The lowest BCUT2D eigenvalue weighted by Crippen LogP contribution is -2.16. The highest BCUT2D eigenvalue weighted by Gasteiger charge is 2.40. The highest BCUT2D eigenvalue weighted by molar-refractivity contribution is 6.04. The smallest absolute Gasteiger partial charge is 0.339 e. The van der Waals surface area contributed by atoms with Gasteiger partial charge < -0.3 is 4.74 Å². The van der Waals surface area contributed by atoms with Gasteiger partial charge in [-0.05, 0) is 60.7 Å². The number of carbonyl (C=O) groups excluding carboxylic acids is 1. The Morgan fingerprint density at radius 3 is 2.50 bits per heavy atom. The molecule has 1 aliphatic rings. The van der Waals surface area contributed by atoms with E-state index in [1.165, 1.54) is 22.1 Å². The molecular weight excluding hydrogens is 296 g/mol. The first-order chi connectivity index (χ1) is 11.5. The number of ether oxygens (including phenoxy) is 1. The van der Waals surface area contributed by atoms with Crippen molar-refractivity contribution in [3.05, 3.63) is 82.4 Å². The van der Waals surface area contributed by atoms with Crippen molar-refractivity contribution in [1.82, 2.24) is 0 Å². The fourth-order valence-electron chi connectivity index (χ4n) is 3.81. The van der Waals surface area contributed by atoms with Gasteiger partial charge in [0.15, 0.2) is 0 Å². The molecule has 0 aliphatic carbocycles. The van der Waals surface area contributed by atoms with Crippen LogP contribution in [-0.2, 0) is 16.8 Å². The van der Waals surface area contributed by atoms with Crippen molar-refractivity contribution in [2.24, 2.45) is 0 Å². The molecular formula is C22H20O2. The van der Waals surface area contributed by atoms with Crippen LogP contribution in [0.4, 0.5) is 0 Å². The zero-order valence-electron chi connectivity index (χ0n) is 14.2. The first-order valence-electron chi connectivity index (χ1n) is 8.30. The Hall–Kier alpha value is -2.61. The number of rotatable bonds is 2. The average molecular weight is 316 g/mol. The summed E-state index contributed by atoms with van der Waals surface area (Å²) in [6, 6.07) is 18.7. The minimum atomic E-state index is -0.581. The average Bonchev–Trinajstić information content (AvgIpc) is 2.78. The van der Waals surface area contributed by atoms with Crippen molar-refractivity contribution in [2.75, 3.05) is 0 Å². The molecule has 0 N–H and O–H groups in total. The molecule has 0 amide bonds. The van der Waals surface area contributed by atoms with E-state index in [4.69, 9.17) is 4.74 Å². The van der Waals surface area contributed by atoms with Gasteiger partial charge in [-0.1, -0.05) is 48.5 Å². The van der Waals surface area contributed by atoms with E-state index in [0.29, 0.717) is 5.56 Å². The minimum absolute atomic E-state index is 0.213. The molecule has 1 heterocycles. The summed E-state index contributed by atoms with van der Waals surface area (Å²) in [4.78, 5) is 12.4. The molecule has 3 aromatic rings. The molecule has 1 aliphatic heterocycles. The predicted molar refractivity (Wildman–Crippen MR) is 96.4 cm³/mol. The normalized spacial score (nSPS) is 15.4. The van der Waals surface area contributed by atoms with Crippen LogP contribution in [0.1, 0.15) is 46.5 Å². The largest absolute Gasteiger partial charge is 0.451 e.